The molecule has 9 nitrogen and oxygen atoms in total. The van der Waals surface area contributed by atoms with Gasteiger partial charge in [0.05, 0.1) is 11.5 Å². The summed E-state index contributed by atoms with van der Waals surface area (Å²) in [6.45, 7) is 0.0363. The zero-order valence-corrected chi connectivity index (χ0v) is 11.2. The van der Waals surface area contributed by atoms with Gasteiger partial charge in [-0.3, -0.25) is 14.9 Å². The topological polar surface area (TPSA) is 136 Å². The summed E-state index contributed by atoms with van der Waals surface area (Å²) in [6.07, 6.45) is 0. The predicted octanol–water partition coefficient (Wildman–Crippen LogP) is -0.641. The third-order valence-corrected chi connectivity index (χ3v) is 5.76. The van der Waals surface area contributed by atoms with Crippen molar-refractivity contribution in [2.45, 2.75) is 4.21 Å². The van der Waals surface area contributed by atoms with Crippen LogP contribution >= 0.6 is 11.3 Å². The molecule has 0 atom stereocenters. The van der Waals surface area contributed by atoms with E-state index < -0.39 is 26.5 Å². The van der Waals surface area contributed by atoms with Gasteiger partial charge in [0.2, 0.25) is 5.91 Å². The normalized spacial score (nSPS) is 17.2. The third kappa shape index (κ3) is 2.52. The van der Waals surface area contributed by atoms with E-state index >= 15 is 0 Å². The Morgan fingerprint density at radius 1 is 1.53 bits per heavy atom. The van der Waals surface area contributed by atoms with Gasteiger partial charge >= 0.3 is 5.69 Å². The van der Waals surface area contributed by atoms with Crippen molar-refractivity contribution in [3.63, 3.8) is 0 Å². The molecule has 0 spiro atoms. The Kier molecular flexibility index (Phi) is 3.43. The Labute approximate surface area is 112 Å². The van der Waals surface area contributed by atoms with Crippen molar-refractivity contribution in [2.75, 3.05) is 25.4 Å². The number of nitrogens with zero attached hydrogens (tertiary/aromatic N) is 2. The molecule has 1 aliphatic rings. The first-order chi connectivity index (χ1) is 8.82. The minimum Gasteiger partial charge on any atom is -0.385 e. The summed E-state index contributed by atoms with van der Waals surface area (Å²) in [7, 11) is -3.92. The minimum atomic E-state index is -3.92. The van der Waals surface area contributed by atoms with Crippen molar-refractivity contribution in [1.82, 2.24) is 9.62 Å². The summed E-state index contributed by atoms with van der Waals surface area (Å²) in [5, 5.41) is 13.0. The van der Waals surface area contributed by atoms with Crippen LogP contribution in [0, 0.1) is 10.1 Å². The van der Waals surface area contributed by atoms with Crippen LogP contribution in [-0.4, -0.2) is 43.2 Å². The molecule has 2 heterocycles. The first-order valence-corrected chi connectivity index (χ1v) is 7.38. The van der Waals surface area contributed by atoms with E-state index in [1.165, 1.54) is 0 Å². The van der Waals surface area contributed by atoms with Gasteiger partial charge in [-0.2, -0.15) is 4.31 Å². The molecular formula is C8H10N4O5S2. The maximum atomic E-state index is 12.2. The molecule has 19 heavy (non-hydrogen) atoms. The van der Waals surface area contributed by atoms with E-state index in [1.54, 1.807) is 0 Å². The van der Waals surface area contributed by atoms with Gasteiger partial charge in [0.25, 0.3) is 10.0 Å². The van der Waals surface area contributed by atoms with E-state index in [9.17, 15) is 23.3 Å². The molecular weight excluding hydrogens is 296 g/mol. The number of nitrogens with two attached hydrogens (primary N) is 1. The molecule has 1 aromatic heterocycles. The van der Waals surface area contributed by atoms with Crippen molar-refractivity contribution in [1.29, 1.82) is 0 Å². The molecule has 1 saturated heterocycles. The Morgan fingerprint density at radius 2 is 2.21 bits per heavy atom. The Bertz CT molecular complexity index is 638. The number of nitro groups is 1. The lowest BCUT2D eigenvalue weighted by molar-refractivity contribution is -0.383. The predicted molar refractivity (Wildman–Crippen MR) is 67.2 cm³/mol. The highest BCUT2D eigenvalue weighted by Crippen LogP contribution is 2.35. The molecule has 3 N–H and O–H groups in total. The van der Waals surface area contributed by atoms with Crippen LogP contribution in [-0.2, 0) is 14.8 Å². The van der Waals surface area contributed by atoms with Gasteiger partial charge in [0, 0.05) is 19.2 Å². The quantitative estimate of drug-likeness (QED) is 0.563. The smallest absolute Gasteiger partial charge is 0.304 e. The number of anilines is 1. The van der Waals surface area contributed by atoms with Crippen molar-refractivity contribution >= 4 is 38.0 Å². The van der Waals surface area contributed by atoms with E-state index in [-0.39, 0.29) is 28.8 Å². The van der Waals surface area contributed by atoms with Crippen LogP contribution in [0.1, 0.15) is 0 Å². The first kappa shape index (κ1) is 13.7. The number of piperazine rings is 1. The van der Waals surface area contributed by atoms with Crippen LogP contribution in [0.5, 0.6) is 0 Å². The molecule has 11 heteroatoms. The lowest BCUT2D eigenvalue weighted by Crippen LogP contribution is -2.49. The van der Waals surface area contributed by atoms with Gasteiger partial charge in [0.15, 0.2) is 5.00 Å². The fraction of sp³-hybridized carbons (Fsp3) is 0.375. The van der Waals surface area contributed by atoms with Crippen molar-refractivity contribution in [3.05, 3.63) is 16.2 Å². The Morgan fingerprint density at radius 3 is 2.74 bits per heavy atom. The number of carbonyl (C=O) groups excluding carboxylic acids is 1. The second-order valence-electron chi connectivity index (χ2n) is 3.76. The van der Waals surface area contributed by atoms with Gasteiger partial charge in [0.1, 0.15) is 4.21 Å². The van der Waals surface area contributed by atoms with E-state index in [1.807, 2.05) is 0 Å². The van der Waals surface area contributed by atoms with Crippen molar-refractivity contribution in [2.24, 2.45) is 0 Å². The van der Waals surface area contributed by atoms with E-state index in [2.05, 4.69) is 5.32 Å². The fourth-order valence-corrected chi connectivity index (χ4v) is 4.36. The number of amides is 1. The summed E-state index contributed by atoms with van der Waals surface area (Å²) in [4.78, 5) is 21.1. The van der Waals surface area contributed by atoms with Crippen LogP contribution in [0.25, 0.3) is 0 Å². The van der Waals surface area contributed by atoms with Gasteiger partial charge < -0.3 is 11.1 Å². The zero-order chi connectivity index (χ0) is 14.2. The van der Waals surface area contributed by atoms with Gasteiger partial charge in [-0.25, -0.2) is 8.42 Å². The van der Waals surface area contributed by atoms with Crippen LogP contribution < -0.4 is 11.1 Å². The van der Waals surface area contributed by atoms with Crippen LogP contribution in [0.4, 0.5) is 10.7 Å². The molecule has 0 unspecified atom stereocenters. The van der Waals surface area contributed by atoms with Gasteiger partial charge in [-0.05, 0) is 0 Å². The van der Waals surface area contributed by atoms with Gasteiger partial charge in [-0.1, -0.05) is 11.3 Å². The summed E-state index contributed by atoms with van der Waals surface area (Å²) in [6, 6.07) is 0.918. The van der Waals surface area contributed by atoms with E-state index in [0.29, 0.717) is 11.3 Å². The number of sulfonamides is 1. The number of carbonyl (C=O) groups is 1. The second-order valence-corrected chi connectivity index (χ2v) is 7.01. The molecule has 1 fully saturated rings. The lowest BCUT2D eigenvalue weighted by atomic mass is 10.4. The summed E-state index contributed by atoms with van der Waals surface area (Å²) >= 11 is 0.619. The minimum absolute atomic E-state index is 0.125. The molecule has 0 radical (unpaired) electrons. The van der Waals surface area contributed by atoms with Crippen molar-refractivity contribution in [3.8, 4) is 0 Å². The number of nitrogen functional groups attached to an aromatic ring is 1. The molecule has 0 aliphatic carbocycles. The Balaban J connectivity index is 2.36. The maximum Gasteiger partial charge on any atom is 0.304 e. The first-order valence-electron chi connectivity index (χ1n) is 5.13. The van der Waals surface area contributed by atoms with Crippen LogP contribution in [0.15, 0.2) is 10.3 Å². The average Bonchev–Trinajstić information content (AvgIpc) is 2.72. The SMILES string of the molecule is Nc1sc(S(=O)(=O)N2CCNC(=O)C2)cc1[N+](=O)[O-]. The van der Waals surface area contributed by atoms with Crippen LogP contribution in [0.2, 0.25) is 0 Å². The number of rotatable bonds is 3. The summed E-state index contributed by atoms with van der Waals surface area (Å²) in [5.74, 6) is -0.408. The molecule has 0 bridgehead atoms. The molecule has 1 aliphatic heterocycles. The Hall–Kier alpha value is -1.72. The molecule has 1 amide bonds. The number of hydrogen-bond donors (Lipinski definition) is 2. The molecule has 0 saturated carbocycles. The largest absolute Gasteiger partial charge is 0.385 e. The number of thiophene rings is 1. The fourth-order valence-electron chi connectivity index (χ4n) is 1.59. The van der Waals surface area contributed by atoms with E-state index in [0.717, 1.165) is 10.4 Å². The highest BCUT2D eigenvalue weighted by atomic mass is 32.2. The zero-order valence-electron chi connectivity index (χ0n) is 9.53. The third-order valence-electron chi connectivity index (χ3n) is 2.51. The highest BCUT2D eigenvalue weighted by molar-refractivity contribution is 7.91. The molecule has 1 aromatic rings. The van der Waals surface area contributed by atoms with Crippen LogP contribution in [0.3, 0.4) is 0 Å². The second kappa shape index (κ2) is 4.75. The monoisotopic (exact) mass is 306 g/mol. The summed E-state index contributed by atoms with van der Waals surface area (Å²) in [5.41, 5.74) is 4.97. The van der Waals surface area contributed by atoms with Crippen molar-refractivity contribution < 1.29 is 18.1 Å². The molecule has 0 aromatic carbocycles. The average molecular weight is 306 g/mol. The lowest BCUT2D eigenvalue weighted by Gasteiger charge is -2.24. The van der Waals surface area contributed by atoms with E-state index in [4.69, 9.17) is 5.73 Å². The molecule has 104 valence electrons. The summed E-state index contributed by atoms with van der Waals surface area (Å²) < 4.78 is 25.1. The molecule has 2 rings (SSSR count). The standard InChI is InChI=1S/C8H10N4O5S2/c9-8-5(12(14)15)3-7(18-8)19(16,17)11-2-1-10-6(13)4-11/h3H,1-2,4,9H2,(H,10,13). The van der Waals surface area contributed by atoms with Gasteiger partial charge in [-0.15, -0.1) is 0 Å². The number of hydrogen-bond acceptors (Lipinski definition) is 7. The maximum absolute atomic E-state index is 12.2. The number of nitrogens with one attached hydrogen (secondary N) is 1. The highest BCUT2D eigenvalue weighted by Gasteiger charge is 2.33.